The molecule has 1 fully saturated rings. The van der Waals surface area contributed by atoms with E-state index in [-0.39, 0.29) is 11.6 Å². The van der Waals surface area contributed by atoms with Crippen LogP contribution in [0.1, 0.15) is 12.7 Å². The summed E-state index contributed by atoms with van der Waals surface area (Å²) in [5.41, 5.74) is 0.214. The van der Waals surface area contributed by atoms with Crippen LogP contribution in [0.4, 0.5) is 5.69 Å². The van der Waals surface area contributed by atoms with Crippen LogP contribution < -0.4 is 10.1 Å². The molecule has 0 aliphatic carbocycles. The number of thiocarbonyl (C=S) groups is 1. The van der Waals surface area contributed by atoms with E-state index < -0.39 is 4.92 Å². The van der Waals surface area contributed by atoms with Crippen LogP contribution in [0.25, 0.3) is 17.4 Å². The van der Waals surface area contributed by atoms with E-state index in [1.807, 2.05) is 0 Å². The Balaban J connectivity index is 1.94. The highest BCUT2D eigenvalue weighted by Crippen LogP contribution is 2.35. The molecule has 0 saturated carbocycles. The largest absolute Gasteiger partial charge is 0.494 e. The summed E-state index contributed by atoms with van der Waals surface area (Å²) in [6.07, 6.45) is 1.54. The van der Waals surface area contributed by atoms with Crippen molar-refractivity contribution in [1.82, 2.24) is 5.32 Å². The zero-order valence-corrected chi connectivity index (χ0v) is 14.6. The molecule has 2 heterocycles. The number of hydrogen-bond donors (Lipinski definition) is 1. The molecule has 128 valence electrons. The summed E-state index contributed by atoms with van der Waals surface area (Å²) in [7, 11) is 0. The molecule has 0 unspecified atom stereocenters. The first-order chi connectivity index (χ1) is 12.0. The molecule has 0 atom stereocenters. The van der Waals surface area contributed by atoms with Crippen LogP contribution in [-0.2, 0) is 4.79 Å². The molecule has 3 rings (SSSR count). The third kappa shape index (κ3) is 3.72. The van der Waals surface area contributed by atoms with Gasteiger partial charge in [0.05, 0.1) is 28.1 Å². The lowest BCUT2D eigenvalue weighted by Gasteiger charge is -2.05. The maximum Gasteiger partial charge on any atom is 0.284 e. The molecular weight excluding hydrogens is 364 g/mol. The second-order valence-electron chi connectivity index (χ2n) is 4.92. The lowest BCUT2D eigenvalue weighted by molar-refractivity contribution is -0.384. The Kier molecular flexibility index (Phi) is 4.86. The molecule has 2 aromatic rings. The molecule has 7 nitrogen and oxygen atoms in total. The zero-order valence-electron chi connectivity index (χ0n) is 13.0. The number of hydrogen-bond acceptors (Lipinski definition) is 7. The van der Waals surface area contributed by atoms with Gasteiger partial charge in [0.25, 0.3) is 11.6 Å². The summed E-state index contributed by atoms with van der Waals surface area (Å²) in [5.74, 6) is 0.854. The molecule has 9 heteroatoms. The van der Waals surface area contributed by atoms with Crippen molar-refractivity contribution in [2.24, 2.45) is 0 Å². The maximum absolute atomic E-state index is 11.7. The highest BCUT2D eigenvalue weighted by molar-refractivity contribution is 8.26. The van der Waals surface area contributed by atoms with Crippen LogP contribution in [0.3, 0.4) is 0 Å². The van der Waals surface area contributed by atoms with E-state index in [4.69, 9.17) is 21.4 Å². The van der Waals surface area contributed by atoms with E-state index in [9.17, 15) is 14.9 Å². The first-order valence-electron chi connectivity index (χ1n) is 7.24. The van der Waals surface area contributed by atoms with Crippen molar-refractivity contribution in [1.29, 1.82) is 0 Å². The fourth-order valence-electron chi connectivity index (χ4n) is 2.25. The molecule has 1 aliphatic heterocycles. The average molecular weight is 376 g/mol. The Morgan fingerprint density at radius 2 is 2.20 bits per heavy atom. The van der Waals surface area contributed by atoms with Gasteiger partial charge in [-0.05, 0) is 31.2 Å². The Hall–Kier alpha value is -2.65. The highest BCUT2D eigenvalue weighted by atomic mass is 32.2. The number of benzene rings is 1. The molecule has 1 amide bonds. The van der Waals surface area contributed by atoms with Gasteiger partial charge in [0.15, 0.2) is 0 Å². The lowest BCUT2D eigenvalue weighted by atomic mass is 10.1. The minimum Gasteiger partial charge on any atom is -0.494 e. The van der Waals surface area contributed by atoms with Crippen molar-refractivity contribution in [2.45, 2.75) is 6.92 Å². The number of furan rings is 1. The van der Waals surface area contributed by atoms with Crippen LogP contribution in [0.15, 0.2) is 39.7 Å². The number of thioether (sulfide) groups is 1. The summed E-state index contributed by atoms with van der Waals surface area (Å²) < 4.78 is 11.3. The van der Waals surface area contributed by atoms with Crippen molar-refractivity contribution < 1.29 is 18.9 Å². The smallest absolute Gasteiger partial charge is 0.284 e. The van der Waals surface area contributed by atoms with E-state index in [0.29, 0.717) is 38.7 Å². The average Bonchev–Trinajstić information content (AvgIpc) is 3.14. The first kappa shape index (κ1) is 17.2. The summed E-state index contributed by atoms with van der Waals surface area (Å²) in [4.78, 5) is 22.9. The van der Waals surface area contributed by atoms with E-state index in [2.05, 4.69) is 5.32 Å². The normalized spacial score (nSPS) is 15.5. The first-order valence-corrected chi connectivity index (χ1v) is 8.46. The number of ether oxygens (including phenoxy) is 1. The lowest BCUT2D eigenvalue weighted by Crippen LogP contribution is -2.17. The van der Waals surface area contributed by atoms with Gasteiger partial charge in [0, 0.05) is 6.08 Å². The van der Waals surface area contributed by atoms with E-state index in [0.717, 1.165) is 11.8 Å². The molecular formula is C16H12N2O5S2. The van der Waals surface area contributed by atoms with Gasteiger partial charge in [-0.1, -0.05) is 24.0 Å². The number of nitro benzene ring substituents is 1. The van der Waals surface area contributed by atoms with Crippen LogP contribution >= 0.6 is 24.0 Å². The van der Waals surface area contributed by atoms with Gasteiger partial charge in [-0.3, -0.25) is 14.9 Å². The summed E-state index contributed by atoms with van der Waals surface area (Å²) >= 11 is 6.06. The number of nitrogens with zero attached hydrogens (tertiary/aromatic N) is 1. The second-order valence-corrected chi connectivity index (χ2v) is 6.64. The Morgan fingerprint density at radius 1 is 1.40 bits per heavy atom. The number of nitrogens with one attached hydrogen (secondary N) is 1. The predicted molar refractivity (Wildman–Crippen MR) is 98.3 cm³/mol. The van der Waals surface area contributed by atoms with E-state index in [1.54, 1.807) is 37.3 Å². The molecule has 0 bridgehead atoms. The highest BCUT2D eigenvalue weighted by Gasteiger charge is 2.23. The summed E-state index contributed by atoms with van der Waals surface area (Å²) in [6.45, 7) is 2.21. The molecule has 1 saturated heterocycles. The van der Waals surface area contributed by atoms with Gasteiger partial charge in [-0.25, -0.2) is 0 Å². The van der Waals surface area contributed by atoms with Crippen molar-refractivity contribution in [2.75, 3.05) is 6.61 Å². The molecule has 1 aromatic carbocycles. The van der Waals surface area contributed by atoms with Gasteiger partial charge in [-0.2, -0.15) is 0 Å². The zero-order chi connectivity index (χ0) is 18.0. The Bertz CT molecular complexity index is 904. The summed E-state index contributed by atoms with van der Waals surface area (Å²) in [6, 6.07) is 7.83. The molecule has 1 N–H and O–H groups in total. The molecule has 25 heavy (non-hydrogen) atoms. The minimum atomic E-state index is -0.489. The quantitative estimate of drug-likeness (QED) is 0.367. The standard InChI is InChI=1S/C16H12N2O5S2/c1-2-22-9-3-5-11(12(7-9)18(20)21)13-6-4-10(23-13)8-14-15(19)17-16(24)25-14/h3-8H,2H2,1H3,(H,17,19,24)/b14-8-. The van der Waals surface area contributed by atoms with Crippen molar-refractivity contribution >= 4 is 46.0 Å². The number of carbonyl (C=O) groups is 1. The van der Waals surface area contributed by atoms with Crippen molar-refractivity contribution in [3.8, 4) is 17.1 Å². The maximum atomic E-state index is 11.7. The number of rotatable bonds is 5. The second kappa shape index (κ2) is 7.08. The Labute approximate surface area is 152 Å². The number of amides is 1. The Morgan fingerprint density at radius 3 is 2.84 bits per heavy atom. The molecule has 0 spiro atoms. The number of carbonyl (C=O) groups excluding carboxylic acids is 1. The predicted octanol–water partition coefficient (Wildman–Crippen LogP) is 3.74. The SMILES string of the molecule is CCOc1ccc(-c2ccc(/C=C3\SC(=S)NC3=O)o2)c([N+](=O)[O-])c1. The third-order valence-electron chi connectivity index (χ3n) is 3.28. The fraction of sp³-hybridized carbons (Fsp3) is 0.125. The fourth-order valence-corrected chi connectivity index (χ4v) is 3.28. The molecule has 0 radical (unpaired) electrons. The van der Waals surface area contributed by atoms with Gasteiger partial charge in [-0.15, -0.1) is 0 Å². The topological polar surface area (TPSA) is 94.6 Å². The monoisotopic (exact) mass is 376 g/mol. The minimum absolute atomic E-state index is 0.117. The van der Waals surface area contributed by atoms with Gasteiger partial charge in [0.1, 0.15) is 21.6 Å². The number of nitro groups is 1. The van der Waals surface area contributed by atoms with Crippen molar-refractivity contribution in [3.63, 3.8) is 0 Å². The molecule has 1 aromatic heterocycles. The van der Waals surface area contributed by atoms with Crippen LogP contribution in [0, 0.1) is 10.1 Å². The third-order valence-corrected chi connectivity index (χ3v) is 4.45. The van der Waals surface area contributed by atoms with Gasteiger partial charge >= 0.3 is 0 Å². The van der Waals surface area contributed by atoms with Gasteiger partial charge in [0.2, 0.25) is 0 Å². The van der Waals surface area contributed by atoms with Crippen molar-refractivity contribution in [3.05, 3.63) is 51.1 Å². The van der Waals surface area contributed by atoms with E-state index in [1.165, 1.54) is 6.07 Å². The summed E-state index contributed by atoms with van der Waals surface area (Å²) in [5, 5.41) is 13.9. The van der Waals surface area contributed by atoms with E-state index >= 15 is 0 Å². The molecule has 1 aliphatic rings. The van der Waals surface area contributed by atoms with Gasteiger partial charge < -0.3 is 14.5 Å². The van der Waals surface area contributed by atoms with Crippen LogP contribution in [-0.4, -0.2) is 21.8 Å². The van der Waals surface area contributed by atoms with Crippen LogP contribution in [0.2, 0.25) is 0 Å². The van der Waals surface area contributed by atoms with Crippen LogP contribution in [0.5, 0.6) is 5.75 Å².